The van der Waals surface area contributed by atoms with Crippen LogP contribution >= 0.6 is 11.6 Å². The number of methoxy groups -OCH3 is 1. The summed E-state index contributed by atoms with van der Waals surface area (Å²) in [6, 6.07) is 4.69. The van der Waals surface area contributed by atoms with E-state index < -0.39 is 5.97 Å². The molecule has 0 aliphatic carbocycles. The molecule has 0 radical (unpaired) electrons. The lowest BCUT2D eigenvalue weighted by molar-refractivity contribution is -0.120. The van der Waals surface area contributed by atoms with Gasteiger partial charge in [0, 0.05) is 5.92 Å². The number of ether oxygens (including phenoxy) is 1. The number of unbranched alkanes of at least 4 members (excludes halogenated alkanes) is 1. The summed E-state index contributed by atoms with van der Waals surface area (Å²) in [6.07, 6.45) is 3.71. The fraction of sp³-hybridized carbons (Fsp3) is 0.500. The van der Waals surface area contributed by atoms with Crippen LogP contribution in [0.5, 0.6) is 0 Å². The smallest absolute Gasteiger partial charge is 0.337 e. The summed E-state index contributed by atoms with van der Waals surface area (Å²) < 4.78 is 4.66. The van der Waals surface area contributed by atoms with Crippen LogP contribution in [0.25, 0.3) is 0 Å². The number of nitrogens with one attached hydrogen (secondary N) is 1. The van der Waals surface area contributed by atoms with Crippen molar-refractivity contribution >= 4 is 29.2 Å². The van der Waals surface area contributed by atoms with Gasteiger partial charge in [-0.1, -0.05) is 38.3 Å². The van der Waals surface area contributed by atoms with Crippen molar-refractivity contribution in [3.63, 3.8) is 0 Å². The summed E-state index contributed by atoms with van der Waals surface area (Å²) >= 11 is 6.07. The van der Waals surface area contributed by atoms with Crippen molar-refractivity contribution in [3.8, 4) is 0 Å². The summed E-state index contributed by atoms with van der Waals surface area (Å²) in [5, 5.41) is 3.21. The summed E-state index contributed by atoms with van der Waals surface area (Å²) in [6.45, 7) is 4.09. The van der Waals surface area contributed by atoms with Crippen LogP contribution in [-0.2, 0) is 9.53 Å². The fourth-order valence-electron chi connectivity index (χ4n) is 2.07. The second-order valence-electron chi connectivity index (χ2n) is 4.92. The van der Waals surface area contributed by atoms with Crippen LogP contribution in [0.4, 0.5) is 5.69 Å². The molecule has 1 unspecified atom stereocenters. The SMILES string of the molecule is CCCCC(CC)C(=O)Nc1cc(C(=O)OC)ccc1Cl. The molecule has 1 N–H and O–H groups in total. The third kappa shape index (κ3) is 5.05. The number of halogens is 1. The van der Waals surface area contributed by atoms with Gasteiger partial charge in [0.05, 0.1) is 23.4 Å². The van der Waals surface area contributed by atoms with Crippen molar-refractivity contribution < 1.29 is 14.3 Å². The number of esters is 1. The summed E-state index contributed by atoms with van der Waals surface area (Å²) in [5.41, 5.74) is 0.804. The van der Waals surface area contributed by atoms with E-state index in [0.29, 0.717) is 16.3 Å². The number of hydrogen-bond acceptors (Lipinski definition) is 3. The van der Waals surface area contributed by atoms with Gasteiger partial charge in [0.2, 0.25) is 5.91 Å². The molecule has 1 atom stereocenters. The Morgan fingerprint density at radius 1 is 1.33 bits per heavy atom. The maximum atomic E-state index is 12.3. The number of amides is 1. The van der Waals surface area contributed by atoms with Crippen LogP contribution < -0.4 is 5.32 Å². The van der Waals surface area contributed by atoms with E-state index in [9.17, 15) is 9.59 Å². The van der Waals surface area contributed by atoms with Crippen molar-refractivity contribution in [2.75, 3.05) is 12.4 Å². The second kappa shape index (κ2) is 8.67. The van der Waals surface area contributed by atoms with Crippen LogP contribution in [0.15, 0.2) is 18.2 Å². The standard InChI is InChI=1S/C16H22ClNO3/c1-4-6-7-11(5-2)15(19)18-14-10-12(16(20)21-3)8-9-13(14)17/h8-11H,4-7H2,1-3H3,(H,18,19). The molecule has 1 aromatic rings. The number of carbonyl (C=O) groups is 2. The van der Waals surface area contributed by atoms with E-state index in [1.54, 1.807) is 18.2 Å². The quantitative estimate of drug-likeness (QED) is 0.765. The number of anilines is 1. The Morgan fingerprint density at radius 2 is 2.05 bits per heavy atom. The van der Waals surface area contributed by atoms with Crippen molar-refractivity contribution in [2.24, 2.45) is 5.92 Å². The molecular weight excluding hydrogens is 290 g/mol. The number of benzene rings is 1. The highest BCUT2D eigenvalue weighted by molar-refractivity contribution is 6.33. The maximum Gasteiger partial charge on any atom is 0.337 e. The zero-order valence-electron chi connectivity index (χ0n) is 12.7. The topological polar surface area (TPSA) is 55.4 Å². The highest BCUT2D eigenvalue weighted by atomic mass is 35.5. The van der Waals surface area contributed by atoms with Crippen molar-refractivity contribution in [2.45, 2.75) is 39.5 Å². The molecule has 1 rings (SSSR count). The van der Waals surface area contributed by atoms with Gasteiger partial charge in [-0.3, -0.25) is 4.79 Å². The highest BCUT2D eigenvalue weighted by Crippen LogP contribution is 2.25. The molecule has 0 aliphatic heterocycles. The molecule has 0 saturated carbocycles. The first-order valence-electron chi connectivity index (χ1n) is 7.22. The van der Waals surface area contributed by atoms with Gasteiger partial charge in [-0.25, -0.2) is 4.79 Å². The first kappa shape index (κ1) is 17.5. The maximum absolute atomic E-state index is 12.3. The molecule has 0 saturated heterocycles. The highest BCUT2D eigenvalue weighted by Gasteiger charge is 2.18. The van der Waals surface area contributed by atoms with E-state index in [-0.39, 0.29) is 11.8 Å². The molecule has 0 bridgehead atoms. The predicted molar refractivity (Wildman–Crippen MR) is 84.7 cm³/mol. The molecule has 0 aliphatic rings. The molecule has 1 aromatic carbocycles. The summed E-state index contributed by atoms with van der Waals surface area (Å²) in [4.78, 5) is 23.8. The van der Waals surface area contributed by atoms with E-state index in [0.717, 1.165) is 25.7 Å². The zero-order chi connectivity index (χ0) is 15.8. The van der Waals surface area contributed by atoms with Crippen molar-refractivity contribution in [1.82, 2.24) is 0 Å². The molecule has 0 aromatic heterocycles. The fourth-order valence-corrected chi connectivity index (χ4v) is 2.24. The molecule has 21 heavy (non-hydrogen) atoms. The van der Waals surface area contributed by atoms with Gasteiger partial charge in [0.25, 0.3) is 0 Å². The number of carbonyl (C=O) groups excluding carboxylic acids is 2. The average molecular weight is 312 g/mol. The molecule has 0 fully saturated rings. The minimum atomic E-state index is -0.458. The Morgan fingerprint density at radius 3 is 2.62 bits per heavy atom. The van der Waals surface area contributed by atoms with Crippen molar-refractivity contribution in [3.05, 3.63) is 28.8 Å². The lowest BCUT2D eigenvalue weighted by Gasteiger charge is -2.15. The van der Waals surface area contributed by atoms with Gasteiger partial charge in [-0.05, 0) is 31.0 Å². The number of rotatable bonds is 7. The van der Waals surface area contributed by atoms with Crippen LogP contribution in [-0.4, -0.2) is 19.0 Å². The van der Waals surface area contributed by atoms with Crippen LogP contribution in [0.3, 0.4) is 0 Å². The van der Waals surface area contributed by atoms with E-state index >= 15 is 0 Å². The Labute approximate surface area is 130 Å². The van der Waals surface area contributed by atoms with Gasteiger partial charge in [-0.2, -0.15) is 0 Å². The van der Waals surface area contributed by atoms with Crippen molar-refractivity contribution in [1.29, 1.82) is 0 Å². The van der Waals surface area contributed by atoms with Crippen LogP contribution in [0.2, 0.25) is 5.02 Å². The first-order chi connectivity index (χ1) is 10.0. The Hall–Kier alpha value is -1.55. The lowest BCUT2D eigenvalue weighted by Crippen LogP contribution is -2.22. The van der Waals surface area contributed by atoms with Gasteiger partial charge in [0.1, 0.15) is 0 Å². The third-order valence-corrected chi connectivity index (χ3v) is 3.74. The molecular formula is C16H22ClNO3. The van der Waals surface area contributed by atoms with Crippen LogP contribution in [0.1, 0.15) is 49.9 Å². The largest absolute Gasteiger partial charge is 0.465 e. The second-order valence-corrected chi connectivity index (χ2v) is 5.33. The average Bonchev–Trinajstić information content (AvgIpc) is 2.49. The molecule has 0 spiro atoms. The Balaban J connectivity index is 2.85. The van der Waals surface area contributed by atoms with E-state index in [2.05, 4.69) is 17.0 Å². The number of hydrogen-bond donors (Lipinski definition) is 1. The van der Waals surface area contributed by atoms with E-state index in [1.807, 2.05) is 6.92 Å². The molecule has 5 heteroatoms. The summed E-state index contributed by atoms with van der Waals surface area (Å²) in [7, 11) is 1.31. The zero-order valence-corrected chi connectivity index (χ0v) is 13.5. The normalized spacial score (nSPS) is 11.8. The van der Waals surface area contributed by atoms with E-state index in [4.69, 9.17) is 11.6 Å². The monoisotopic (exact) mass is 311 g/mol. The Kier molecular flexibility index (Phi) is 7.23. The first-order valence-corrected chi connectivity index (χ1v) is 7.59. The lowest BCUT2D eigenvalue weighted by atomic mass is 9.98. The molecule has 1 amide bonds. The van der Waals surface area contributed by atoms with Crippen LogP contribution in [0, 0.1) is 5.92 Å². The Bertz CT molecular complexity index is 502. The van der Waals surface area contributed by atoms with Gasteiger partial charge in [0.15, 0.2) is 0 Å². The minimum Gasteiger partial charge on any atom is -0.465 e. The van der Waals surface area contributed by atoms with Gasteiger partial charge < -0.3 is 10.1 Å². The van der Waals surface area contributed by atoms with Gasteiger partial charge >= 0.3 is 5.97 Å². The molecule has 4 nitrogen and oxygen atoms in total. The van der Waals surface area contributed by atoms with Gasteiger partial charge in [-0.15, -0.1) is 0 Å². The molecule has 0 heterocycles. The summed E-state index contributed by atoms with van der Waals surface area (Å²) in [5.74, 6) is -0.558. The molecule has 116 valence electrons. The predicted octanol–water partition coefficient (Wildman–Crippen LogP) is 4.28. The minimum absolute atomic E-state index is 0.0391. The third-order valence-electron chi connectivity index (χ3n) is 3.42. The van der Waals surface area contributed by atoms with E-state index in [1.165, 1.54) is 7.11 Å².